The predicted molar refractivity (Wildman–Crippen MR) is 106 cm³/mol. The standard InChI is InChI=1S/C16H21F3N6O.HI/c1-3-20-15(22-10-14-23-11-24-25(14)2)21-7-8-26-13-6-4-5-12(9-13)16(17,18)19;/h4-6,9,11H,3,7-8,10H2,1-2H3,(H2,20,21,22);1H. The number of guanidine groups is 1. The highest BCUT2D eigenvalue weighted by Gasteiger charge is 2.30. The monoisotopic (exact) mass is 498 g/mol. The maximum Gasteiger partial charge on any atom is 0.416 e. The zero-order chi connectivity index (χ0) is 19.0. The minimum absolute atomic E-state index is 0. The smallest absolute Gasteiger partial charge is 0.416 e. The molecular weight excluding hydrogens is 476 g/mol. The van der Waals surface area contributed by atoms with Crippen molar-refractivity contribution in [3.63, 3.8) is 0 Å². The lowest BCUT2D eigenvalue weighted by atomic mass is 10.2. The first-order valence-corrected chi connectivity index (χ1v) is 8.05. The molecule has 0 bridgehead atoms. The topological polar surface area (TPSA) is 76.4 Å². The van der Waals surface area contributed by atoms with E-state index in [-0.39, 0.29) is 36.3 Å². The van der Waals surface area contributed by atoms with Gasteiger partial charge in [-0.05, 0) is 25.1 Å². The van der Waals surface area contributed by atoms with Gasteiger partial charge in [-0.1, -0.05) is 6.07 Å². The first-order chi connectivity index (χ1) is 12.4. The molecule has 1 heterocycles. The van der Waals surface area contributed by atoms with Gasteiger partial charge in [-0.15, -0.1) is 24.0 Å². The number of rotatable bonds is 7. The van der Waals surface area contributed by atoms with Crippen LogP contribution in [0.15, 0.2) is 35.6 Å². The fraction of sp³-hybridized carbons (Fsp3) is 0.438. The minimum Gasteiger partial charge on any atom is -0.492 e. The molecule has 0 saturated heterocycles. The third-order valence-electron chi connectivity index (χ3n) is 3.35. The first kappa shape index (κ1) is 23.0. The SMILES string of the molecule is CCNC(=NCc1ncnn1C)NCCOc1cccc(C(F)(F)F)c1.I. The molecule has 0 fully saturated rings. The van der Waals surface area contributed by atoms with Gasteiger partial charge in [0.1, 0.15) is 31.1 Å². The van der Waals surface area contributed by atoms with Gasteiger partial charge in [0.2, 0.25) is 0 Å². The Labute approximate surface area is 172 Å². The summed E-state index contributed by atoms with van der Waals surface area (Å²) in [7, 11) is 1.78. The van der Waals surface area contributed by atoms with Crippen molar-refractivity contribution in [1.29, 1.82) is 0 Å². The molecule has 0 aliphatic carbocycles. The lowest BCUT2D eigenvalue weighted by molar-refractivity contribution is -0.137. The van der Waals surface area contributed by atoms with Gasteiger partial charge in [0.15, 0.2) is 5.96 Å². The highest BCUT2D eigenvalue weighted by molar-refractivity contribution is 14.0. The third kappa shape index (κ3) is 7.61. The summed E-state index contributed by atoms with van der Waals surface area (Å²) in [6.07, 6.45) is -2.93. The molecule has 1 aromatic carbocycles. The molecule has 150 valence electrons. The number of hydrogen-bond acceptors (Lipinski definition) is 4. The summed E-state index contributed by atoms with van der Waals surface area (Å²) < 4.78 is 45.0. The van der Waals surface area contributed by atoms with E-state index in [2.05, 4.69) is 25.7 Å². The van der Waals surface area contributed by atoms with Crippen LogP contribution in [-0.2, 0) is 19.8 Å². The van der Waals surface area contributed by atoms with E-state index >= 15 is 0 Å². The van der Waals surface area contributed by atoms with Crippen LogP contribution in [0.2, 0.25) is 0 Å². The van der Waals surface area contributed by atoms with E-state index in [0.29, 0.717) is 31.4 Å². The number of ether oxygens (including phenoxy) is 1. The van der Waals surface area contributed by atoms with Crippen molar-refractivity contribution in [3.8, 4) is 5.75 Å². The van der Waals surface area contributed by atoms with Gasteiger partial charge in [-0.2, -0.15) is 18.3 Å². The van der Waals surface area contributed by atoms with Gasteiger partial charge in [0.25, 0.3) is 0 Å². The number of alkyl halides is 3. The number of aliphatic imine (C=N–C) groups is 1. The summed E-state index contributed by atoms with van der Waals surface area (Å²) in [5, 5.41) is 10.1. The normalized spacial score (nSPS) is 11.7. The lowest BCUT2D eigenvalue weighted by Gasteiger charge is -2.13. The Morgan fingerprint density at radius 3 is 2.70 bits per heavy atom. The van der Waals surface area contributed by atoms with Crippen molar-refractivity contribution in [2.75, 3.05) is 19.7 Å². The molecule has 0 aliphatic heterocycles. The van der Waals surface area contributed by atoms with E-state index in [4.69, 9.17) is 4.74 Å². The molecular formula is C16H22F3IN6O. The van der Waals surface area contributed by atoms with E-state index in [9.17, 15) is 13.2 Å². The maximum absolute atomic E-state index is 12.7. The molecule has 0 atom stereocenters. The Hall–Kier alpha value is -2.05. The highest BCUT2D eigenvalue weighted by atomic mass is 127. The van der Waals surface area contributed by atoms with Crippen LogP contribution in [0.1, 0.15) is 18.3 Å². The Bertz CT molecular complexity index is 735. The van der Waals surface area contributed by atoms with Crippen LogP contribution in [0.3, 0.4) is 0 Å². The maximum atomic E-state index is 12.7. The van der Waals surface area contributed by atoms with Crippen LogP contribution in [0, 0.1) is 0 Å². The molecule has 1 aromatic heterocycles. The number of nitrogens with zero attached hydrogens (tertiary/aromatic N) is 4. The molecule has 0 radical (unpaired) electrons. The van der Waals surface area contributed by atoms with Crippen LogP contribution in [-0.4, -0.2) is 40.4 Å². The van der Waals surface area contributed by atoms with Crippen LogP contribution >= 0.6 is 24.0 Å². The van der Waals surface area contributed by atoms with Gasteiger partial charge < -0.3 is 15.4 Å². The lowest BCUT2D eigenvalue weighted by Crippen LogP contribution is -2.39. The summed E-state index contributed by atoms with van der Waals surface area (Å²) >= 11 is 0. The predicted octanol–water partition coefficient (Wildman–Crippen LogP) is 2.59. The highest BCUT2D eigenvalue weighted by Crippen LogP contribution is 2.31. The largest absolute Gasteiger partial charge is 0.492 e. The fourth-order valence-corrected chi connectivity index (χ4v) is 2.06. The first-order valence-electron chi connectivity index (χ1n) is 8.05. The van der Waals surface area contributed by atoms with Crippen LogP contribution in [0.25, 0.3) is 0 Å². The summed E-state index contributed by atoms with van der Waals surface area (Å²) in [5.41, 5.74) is -0.735. The van der Waals surface area contributed by atoms with Crippen molar-refractivity contribution in [1.82, 2.24) is 25.4 Å². The molecule has 2 rings (SSSR count). The van der Waals surface area contributed by atoms with Gasteiger partial charge in [-0.25, -0.2) is 9.98 Å². The second-order valence-electron chi connectivity index (χ2n) is 5.30. The Balaban J connectivity index is 0.00000364. The number of nitrogens with one attached hydrogen (secondary N) is 2. The van der Waals surface area contributed by atoms with Gasteiger partial charge in [0.05, 0.1) is 12.1 Å². The van der Waals surface area contributed by atoms with E-state index in [1.807, 2.05) is 6.92 Å². The quantitative estimate of drug-likeness (QED) is 0.266. The zero-order valence-corrected chi connectivity index (χ0v) is 17.3. The molecule has 27 heavy (non-hydrogen) atoms. The summed E-state index contributed by atoms with van der Waals surface area (Å²) in [6, 6.07) is 4.79. The summed E-state index contributed by atoms with van der Waals surface area (Å²) in [6.45, 7) is 3.51. The van der Waals surface area contributed by atoms with Crippen molar-refractivity contribution < 1.29 is 17.9 Å². The third-order valence-corrected chi connectivity index (χ3v) is 3.35. The van der Waals surface area contributed by atoms with E-state index in [0.717, 1.165) is 12.1 Å². The molecule has 2 aromatic rings. The van der Waals surface area contributed by atoms with Crippen molar-refractivity contribution in [2.24, 2.45) is 12.0 Å². The molecule has 2 N–H and O–H groups in total. The van der Waals surface area contributed by atoms with Crippen LogP contribution in [0.5, 0.6) is 5.75 Å². The Morgan fingerprint density at radius 1 is 1.30 bits per heavy atom. The minimum atomic E-state index is -4.39. The molecule has 0 aliphatic rings. The second kappa shape index (κ2) is 10.9. The van der Waals surface area contributed by atoms with Crippen LogP contribution < -0.4 is 15.4 Å². The number of benzene rings is 1. The van der Waals surface area contributed by atoms with Crippen molar-refractivity contribution in [2.45, 2.75) is 19.6 Å². The van der Waals surface area contributed by atoms with Gasteiger partial charge >= 0.3 is 6.18 Å². The Morgan fingerprint density at radius 2 is 2.07 bits per heavy atom. The fourth-order valence-electron chi connectivity index (χ4n) is 2.06. The summed E-state index contributed by atoms with van der Waals surface area (Å²) in [4.78, 5) is 8.46. The second-order valence-corrected chi connectivity index (χ2v) is 5.30. The molecule has 0 amide bonds. The average Bonchev–Trinajstić information content (AvgIpc) is 3.01. The molecule has 11 heteroatoms. The number of hydrogen-bond donors (Lipinski definition) is 2. The van der Waals surface area contributed by atoms with E-state index in [1.54, 1.807) is 11.7 Å². The van der Waals surface area contributed by atoms with E-state index in [1.165, 1.54) is 18.5 Å². The molecule has 0 spiro atoms. The molecule has 0 saturated carbocycles. The van der Waals surface area contributed by atoms with Gasteiger partial charge in [-0.3, -0.25) is 4.68 Å². The molecule has 7 nitrogen and oxygen atoms in total. The number of aromatic nitrogens is 3. The summed E-state index contributed by atoms with van der Waals surface area (Å²) in [5.74, 6) is 1.44. The Kier molecular flexibility index (Phi) is 9.32. The van der Waals surface area contributed by atoms with Crippen molar-refractivity contribution >= 4 is 29.9 Å². The zero-order valence-electron chi connectivity index (χ0n) is 15.0. The van der Waals surface area contributed by atoms with E-state index < -0.39 is 11.7 Å². The van der Waals surface area contributed by atoms with Gasteiger partial charge in [0, 0.05) is 13.6 Å². The number of aryl methyl sites for hydroxylation is 1. The number of halogens is 4. The molecule has 0 unspecified atom stereocenters. The van der Waals surface area contributed by atoms with Crippen LogP contribution in [0.4, 0.5) is 13.2 Å². The average molecular weight is 498 g/mol. The van der Waals surface area contributed by atoms with Crippen molar-refractivity contribution in [3.05, 3.63) is 42.0 Å².